The zero-order valence-electron chi connectivity index (χ0n) is 15.8. The number of alkyl halides is 3. The fourth-order valence-electron chi connectivity index (χ4n) is 2.30. The van der Waals surface area contributed by atoms with E-state index in [-0.39, 0.29) is 35.8 Å². The molecular weight excluding hydrogens is 504 g/mol. The van der Waals surface area contributed by atoms with E-state index in [4.69, 9.17) is 4.74 Å². The number of benzene rings is 1. The van der Waals surface area contributed by atoms with Crippen LogP contribution in [0.1, 0.15) is 28.8 Å². The number of aryl methyl sites for hydroxylation is 1. The van der Waals surface area contributed by atoms with Crippen LogP contribution < -0.4 is 15.4 Å². The van der Waals surface area contributed by atoms with Crippen molar-refractivity contribution < 1.29 is 17.9 Å². The van der Waals surface area contributed by atoms with E-state index in [0.717, 1.165) is 22.0 Å². The SMILES string of the molecule is CCC(CNC(=NC)NCc1cnc(C)s1)Oc1cccc(C(F)(F)F)c1.I. The number of halogens is 4. The molecule has 0 fully saturated rings. The summed E-state index contributed by atoms with van der Waals surface area (Å²) in [6, 6.07) is 4.91. The number of aliphatic imine (C=N–C) groups is 1. The van der Waals surface area contributed by atoms with Crippen molar-refractivity contribution in [1.29, 1.82) is 0 Å². The van der Waals surface area contributed by atoms with Crippen LogP contribution in [0.5, 0.6) is 5.75 Å². The monoisotopic (exact) mass is 528 g/mol. The quantitative estimate of drug-likeness (QED) is 0.313. The van der Waals surface area contributed by atoms with Gasteiger partial charge in [0.15, 0.2) is 5.96 Å². The van der Waals surface area contributed by atoms with Crippen molar-refractivity contribution in [2.45, 2.75) is 39.1 Å². The first-order chi connectivity index (χ1) is 12.8. The molecule has 0 saturated heterocycles. The number of hydrogen-bond donors (Lipinski definition) is 2. The smallest absolute Gasteiger partial charge is 0.416 e. The lowest BCUT2D eigenvalue weighted by molar-refractivity contribution is -0.137. The van der Waals surface area contributed by atoms with Crippen molar-refractivity contribution in [2.75, 3.05) is 13.6 Å². The van der Waals surface area contributed by atoms with E-state index in [1.807, 2.05) is 20.0 Å². The molecule has 1 aromatic heterocycles. The number of thiazole rings is 1. The topological polar surface area (TPSA) is 58.5 Å². The van der Waals surface area contributed by atoms with E-state index in [2.05, 4.69) is 20.6 Å². The van der Waals surface area contributed by atoms with E-state index < -0.39 is 11.7 Å². The fourth-order valence-corrected chi connectivity index (χ4v) is 3.03. The highest BCUT2D eigenvalue weighted by Crippen LogP contribution is 2.31. The van der Waals surface area contributed by atoms with E-state index in [1.54, 1.807) is 18.4 Å². The zero-order chi connectivity index (χ0) is 19.9. The summed E-state index contributed by atoms with van der Waals surface area (Å²) < 4.78 is 44.2. The number of aromatic nitrogens is 1. The highest BCUT2D eigenvalue weighted by Gasteiger charge is 2.30. The molecule has 28 heavy (non-hydrogen) atoms. The van der Waals surface area contributed by atoms with Gasteiger partial charge in [0.2, 0.25) is 0 Å². The van der Waals surface area contributed by atoms with Crippen LogP contribution in [-0.2, 0) is 12.7 Å². The molecule has 2 N–H and O–H groups in total. The van der Waals surface area contributed by atoms with Crippen LogP contribution >= 0.6 is 35.3 Å². The molecule has 0 aliphatic heterocycles. The van der Waals surface area contributed by atoms with Crippen LogP contribution in [0.25, 0.3) is 0 Å². The third-order valence-electron chi connectivity index (χ3n) is 3.74. The summed E-state index contributed by atoms with van der Waals surface area (Å²) in [5.41, 5.74) is -0.722. The Balaban J connectivity index is 0.00000392. The normalized spacial score (nSPS) is 12.9. The molecule has 1 atom stereocenters. The molecule has 10 heteroatoms. The summed E-state index contributed by atoms with van der Waals surface area (Å²) >= 11 is 1.60. The number of ether oxygens (including phenoxy) is 1. The van der Waals surface area contributed by atoms with Crippen molar-refractivity contribution in [1.82, 2.24) is 15.6 Å². The first-order valence-corrected chi connectivity index (χ1v) is 9.33. The average Bonchev–Trinajstić information content (AvgIpc) is 3.05. The molecule has 1 aromatic carbocycles. The molecular formula is C18H24F3IN4OS. The van der Waals surface area contributed by atoms with E-state index >= 15 is 0 Å². The number of rotatable bonds is 7. The van der Waals surface area contributed by atoms with Crippen molar-refractivity contribution in [3.63, 3.8) is 0 Å². The van der Waals surface area contributed by atoms with Gasteiger partial charge in [0.25, 0.3) is 0 Å². The highest BCUT2D eigenvalue weighted by atomic mass is 127. The predicted octanol–water partition coefficient (Wildman–Crippen LogP) is 4.61. The molecule has 1 heterocycles. The number of nitrogens with zero attached hydrogens (tertiary/aromatic N) is 2. The Morgan fingerprint density at radius 1 is 1.32 bits per heavy atom. The van der Waals surface area contributed by atoms with Gasteiger partial charge in [-0.15, -0.1) is 35.3 Å². The van der Waals surface area contributed by atoms with Crippen molar-refractivity contribution in [3.8, 4) is 5.75 Å². The minimum atomic E-state index is -4.39. The number of guanidine groups is 1. The highest BCUT2D eigenvalue weighted by molar-refractivity contribution is 14.0. The minimum absolute atomic E-state index is 0. The lowest BCUT2D eigenvalue weighted by Gasteiger charge is -2.20. The first kappa shape index (κ1) is 24.5. The number of hydrogen-bond acceptors (Lipinski definition) is 4. The van der Waals surface area contributed by atoms with Crippen molar-refractivity contribution in [2.24, 2.45) is 4.99 Å². The van der Waals surface area contributed by atoms with E-state index in [0.29, 0.717) is 25.5 Å². The van der Waals surface area contributed by atoms with Gasteiger partial charge in [0.05, 0.1) is 23.7 Å². The molecule has 0 saturated carbocycles. The Bertz CT molecular complexity index is 767. The van der Waals surface area contributed by atoms with Gasteiger partial charge in [-0.2, -0.15) is 13.2 Å². The third kappa shape index (κ3) is 7.82. The number of nitrogens with one attached hydrogen (secondary N) is 2. The Labute approximate surface area is 183 Å². The van der Waals surface area contributed by atoms with Crippen LogP contribution in [0, 0.1) is 6.92 Å². The molecule has 2 rings (SSSR count). The van der Waals surface area contributed by atoms with Gasteiger partial charge < -0.3 is 15.4 Å². The van der Waals surface area contributed by atoms with Gasteiger partial charge in [-0.05, 0) is 31.5 Å². The van der Waals surface area contributed by atoms with Gasteiger partial charge in [0, 0.05) is 18.1 Å². The molecule has 0 aliphatic rings. The molecule has 0 radical (unpaired) electrons. The Morgan fingerprint density at radius 3 is 2.64 bits per heavy atom. The molecule has 0 spiro atoms. The standard InChI is InChI=1S/C18H23F3N4OS.HI/c1-4-14(26-15-7-5-6-13(8-15)18(19,20)21)9-24-17(22-3)25-11-16-10-23-12(2)27-16;/h5-8,10,14H,4,9,11H2,1-3H3,(H2,22,24,25);1H. The van der Waals surface area contributed by atoms with Crippen molar-refractivity contribution in [3.05, 3.63) is 45.9 Å². The predicted molar refractivity (Wildman–Crippen MR) is 117 cm³/mol. The summed E-state index contributed by atoms with van der Waals surface area (Å²) in [4.78, 5) is 9.43. The van der Waals surface area contributed by atoms with Gasteiger partial charge >= 0.3 is 6.18 Å². The van der Waals surface area contributed by atoms with Gasteiger partial charge in [-0.1, -0.05) is 13.0 Å². The van der Waals surface area contributed by atoms with Gasteiger partial charge in [-0.25, -0.2) is 4.98 Å². The lowest BCUT2D eigenvalue weighted by Crippen LogP contribution is -2.42. The molecule has 0 bridgehead atoms. The summed E-state index contributed by atoms with van der Waals surface area (Å²) in [7, 11) is 1.65. The summed E-state index contributed by atoms with van der Waals surface area (Å²) in [6.45, 7) is 4.86. The van der Waals surface area contributed by atoms with Crippen LogP contribution in [0.3, 0.4) is 0 Å². The third-order valence-corrected chi connectivity index (χ3v) is 4.65. The maximum Gasteiger partial charge on any atom is 0.416 e. The molecule has 2 aromatic rings. The van der Waals surface area contributed by atoms with Crippen LogP contribution in [0.15, 0.2) is 35.5 Å². The molecule has 0 aliphatic carbocycles. The Hall–Kier alpha value is -1.56. The second-order valence-electron chi connectivity index (χ2n) is 5.83. The minimum Gasteiger partial charge on any atom is -0.489 e. The summed E-state index contributed by atoms with van der Waals surface area (Å²) in [5, 5.41) is 7.31. The van der Waals surface area contributed by atoms with Crippen molar-refractivity contribution >= 4 is 41.3 Å². The maximum atomic E-state index is 12.8. The molecule has 5 nitrogen and oxygen atoms in total. The second kappa shape index (κ2) is 11.4. The summed E-state index contributed by atoms with van der Waals surface area (Å²) in [6.07, 6.45) is -2.24. The second-order valence-corrected chi connectivity index (χ2v) is 7.15. The van der Waals surface area contributed by atoms with Crippen LogP contribution in [-0.4, -0.2) is 30.6 Å². The zero-order valence-corrected chi connectivity index (χ0v) is 19.0. The van der Waals surface area contributed by atoms with E-state index in [9.17, 15) is 13.2 Å². The van der Waals surface area contributed by atoms with Gasteiger partial charge in [-0.3, -0.25) is 4.99 Å². The molecule has 1 unspecified atom stereocenters. The van der Waals surface area contributed by atoms with Gasteiger partial charge in [0.1, 0.15) is 11.9 Å². The molecule has 0 amide bonds. The van der Waals surface area contributed by atoms with Crippen LogP contribution in [0.2, 0.25) is 0 Å². The lowest BCUT2D eigenvalue weighted by atomic mass is 10.2. The average molecular weight is 528 g/mol. The summed E-state index contributed by atoms with van der Waals surface area (Å²) in [5.74, 6) is 0.786. The first-order valence-electron chi connectivity index (χ1n) is 8.51. The fraction of sp³-hybridized carbons (Fsp3) is 0.444. The Kier molecular flexibility index (Phi) is 10.0. The van der Waals surface area contributed by atoms with Crippen LogP contribution in [0.4, 0.5) is 13.2 Å². The maximum absolute atomic E-state index is 12.8. The molecule has 156 valence electrons. The van der Waals surface area contributed by atoms with E-state index in [1.165, 1.54) is 12.1 Å². The largest absolute Gasteiger partial charge is 0.489 e. The Morgan fingerprint density at radius 2 is 2.07 bits per heavy atom.